The van der Waals surface area contributed by atoms with Gasteiger partial charge < -0.3 is 10.4 Å². The number of fused-ring (bicyclic) bond motifs is 1. The smallest absolute Gasteiger partial charge is 0.397 e. The number of nitrogens with zero attached hydrogens (tertiary/aromatic N) is 4. The van der Waals surface area contributed by atoms with Gasteiger partial charge in [-0.2, -0.15) is 35.5 Å². The quantitative estimate of drug-likeness (QED) is 0.0689. The highest BCUT2D eigenvalue weighted by Gasteiger charge is 2.26. The van der Waals surface area contributed by atoms with Crippen molar-refractivity contribution in [1.29, 1.82) is 0 Å². The molecule has 0 aliphatic rings. The summed E-state index contributed by atoms with van der Waals surface area (Å²) in [5.74, 6) is -3.38. The Kier molecular flexibility index (Phi) is 11.7. The number of hydrogen-bond acceptors (Lipinski definition) is 16. The topological polar surface area (TPSA) is 322 Å². The van der Waals surface area contributed by atoms with Crippen molar-refractivity contribution in [2.45, 2.75) is 27.7 Å². The monoisotopic (exact) mass is 799 g/mol. The minimum atomic E-state index is -5.12. The number of Topliss-reactive ketones (excluding diaryl/α,β-unsaturated/α-hetero) is 1. The third-order valence-electron chi connectivity index (χ3n) is 6.70. The van der Waals surface area contributed by atoms with E-state index in [1.165, 1.54) is 42.5 Å². The molecule has 5 N–H and O–H groups in total. The molecule has 4 aromatic carbocycles. The standard InChI is InChI=1S/C28H25N5O15S4/c1-16(34)25(32-30-18-6-9-20(10-7-18)49(37,38)13-12-48-52(45,46)47)28(36)29-19-8-11-21-17(14-19)15-24(51(42,43)44)26(27(21)35)33-31-22-4-2-3-5-23(22)50(39,40)41/h2-11,14-15,25,35H,12-13H2,1H3,(H,29,36)(H,39,40,41)(H,42,43,44)(H,45,46,47). The van der Waals surface area contributed by atoms with E-state index in [-0.39, 0.29) is 27.0 Å². The average Bonchev–Trinajstić information content (AvgIpc) is 3.03. The number of nitrogens with one attached hydrogen (secondary N) is 1. The Hall–Kier alpha value is -5.08. The van der Waals surface area contributed by atoms with Crippen LogP contribution in [0.3, 0.4) is 0 Å². The van der Waals surface area contributed by atoms with Crippen molar-refractivity contribution in [3.63, 3.8) is 0 Å². The van der Waals surface area contributed by atoms with Crippen LogP contribution in [0.15, 0.2) is 108 Å². The molecule has 1 atom stereocenters. The van der Waals surface area contributed by atoms with Crippen LogP contribution >= 0.6 is 0 Å². The molecule has 276 valence electrons. The van der Waals surface area contributed by atoms with Crippen molar-refractivity contribution in [1.82, 2.24) is 0 Å². The number of benzene rings is 4. The first-order valence-electron chi connectivity index (χ1n) is 14.0. The highest BCUT2D eigenvalue weighted by molar-refractivity contribution is 7.91. The lowest BCUT2D eigenvalue weighted by Gasteiger charge is -2.12. The van der Waals surface area contributed by atoms with Gasteiger partial charge in [-0.25, -0.2) is 12.6 Å². The Balaban J connectivity index is 1.58. The maximum absolute atomic E-state index is 13.0. The first-order valence-corrected chi connectivity index (χ1v) is 19.9. The molecule has 0 saturated heterocycles. The highest BCUT2D eigenvalue weighted by atomic mass is 32.3. The summed E-state index contributed by atoms with van der Waals surface area (Å²) in [7, 11) is -18.8. The third kappa shape index (κ3) is 10.0. The predicted molar refractivity (Wildman–Crippen MR) is 179 cm³/mol. The second-order valence-corrected chi connectivity index (χ2v) is 16.4. The number of hydrogen-bond donors (Lipinski definition) is 5. The molecule has 0 aromatic heterocycles. The molecule has 24 heteroatoms. The van der Waals surface area contributed by atoms with Crippen LogP contribution in [-0.4, -0.2) is 82.5 Å². The van der Waals surface area contributed by atoms with Crippen LogP contribution in [0.5, 0.6) is 5.75 Å². The van der Waals surface area contributed by atoms with E-state index in [9.17, 15) is 57.5 Å². The number of sulfone groups is 1. The number of rotatable bonds is 14. The zero-order valence-electron chi connectivity index (χ0n) is 26.1. The number of amides is 1. The molecule has 4 aromatic rings. The summed E-state index contributed by atoms with van der Waals surface area (Å²) in [5.41, 5.74) is -1.23. The molecular weight excluding hydrogens is 775 g/mol. The lowest BCUT2D eigenvalue weighted by atomic mass is 10.1. The number of phenolic OH excluding ortho intramolecular Hbond substituents is 1. The van der Waals surface area contributed by atoms with Crippen molar-refractivity contribution in [2.24, 2.45) is 20.5 Å². The van der Waals surface area contributed by atoms with Gasteiger partial charge in [0.25, 0.3) is 26.1 Å². The zero-order valence-corrected chi connectivity index (χ0v) is 29.4. The summed E-state index contributed by atoms with van der Waals surface area (Å²) in [5, 5.41) is 28.0. The van der Waals surface area contributed by atoms with E-state index in [1.807, 2.05) is 0 Å². The van der Waals surface area contributed by atoms with Crippen LogP contribution in [0.2, 0.25) is 0 Å². The molecule has 0 heterocycles. The molecule has 0 bridgehead atoms. The fraction of sp³-hybridized carbons (Fsp3) is 0.143. The maximum Gasteiger partial charge on any atom is 0.397 e. The van der Waals surface area contributed by atoms with Gasteiger partial charge in [0.1, 0.15) is 21.2 Å². The number of phenols is 1. The number of carbonyl (C=O) groups excluding carboxylic acids is 2. The van der Waals surface area contributed by atoms with Gasteiger partial charge in [-0.05, 0) is 73.0 Å². The lowest BCUT2D eigenvalue weighted by Crippen LogP contribution is -2.31. The predicted octanol–water partition coefficient (Wildman–Crippen LogP) is 3.73. The van der Waals surface area contributed by atoms with E-state index < -0.39 is 97.5 Å². The van der Waals surface area contributed by atoms with Crippen LogP contribution in [0.25, 0.3) is 10.8 Å². The second-order valence-electron chi connectivity index (χ2n) is 10.4. The van der Waals surface area contributed by atoms with Crippen molar-refractivity contribution in [2.75, 3.05) is 17.7 Å². The third-order valence-corrected chi connectivity index (χ3v) is 10.6. The first kappa shape index (κ1) is 39.7. The van der Waals surface area contributed by atoms with E-state index in [4.69, 9.17) is 4.55 Å². The molecule has 0 spiro atoms. The van der Waals surface area contributed by atoms with Crippen molar-refractivity contribution < 1.29 is 66.2 Å². The summed E-state index contributed by atoms with van der Waals surface area (Å²) in [6.45, 7) is 0.192. The zero-order chi connectivity index (χ0) is 38.6. The average molecular weight is 800 g/mol. The Morgan fingerprint density at radius 2 is 1.42 bits per heavy atom. The summed E-state index contributed by atoms with van der Waals surface area (Å²) in [6.07, 6.45) is 0. The van der Waals surface area contributed by atoms with E-state index in [2.05, 4.69) is 30.0 Å². The fourth-order valence-corrected chi connectivity index (χ4v) is 7.09. The van der Waals surface area contributed by atoms with E-state index in [0.717, 1.165) is 37.3 Å². The van der Waals surface area contributed by atoms with Gasteiger partial charge in [0, 0.05) is 11.1 Å². The Bertz CT molecular complexity index is 2580. The van der Waals surface area contributed by atoms with Crippen molar-refractivity contribution in [3.8, 4) is 5.75 Å². The SMILES string of the molecule is CC(=O)C(N=Nc1ccc(S(=O)(=O)CCOS(=O)(=O)O)cc1)C(=O)Nc1ccc2c(O)c(N=Nc3ccccc3S(=O)(=O)O)c(S(=O)(=O)O)cc2c1. The Labute approximate surface area is 295 Å². The second kappa shape index (κ2) is 15.3. The molecule has 0 aliphatic heterocycles. The van der Waals surface area contributed by atoms with Crippen LogP contribution in [0.4, 0.5) is 22.7 Å². The molecule has 20 nitrogen and oxygen atoms in total. The molecule has 1 amide bonds. The van der Waals surface area contributed by atoms with Crippen LogP contribution in [0, 0.1) is 0 Å². The molecule has 0 fully saturated rings. The molecular formula is C28H25N5O15S4. The van der Waals surface area contributed by atoms with Crippen LogP contribution in [-0.2, 0) is 54.2 Å². The summed E-state index contributed by atoms with van der Waals surface area (Å²) < 4.78 is 126. The highest BCUT2D eigenvalue weighted by Crippen LogP contribution is 2.42. The van der Waals surface area contributed by atoms with Gasteiger partial charge >= 0.3 is 10.4 Å². The number of azo groups is 2. The summed E-state index contributed by atoms with van der Waals surface area (Å²) in [4.78, 5) is 23.4. The van der Waals surface area contributed by atoms with Crippen LogP contribution < -0.4 is 5.32 Å². The van der Waals surface area contributed by atoms with Crippen molar-refractivity contribution in [3.05, 3.63) is 72.8 Å². The van der Waals surface area contributed by atoms with E-state index >= 15 is 0 Å². The van der Waals surface area contributed by atoms with E-state index in [0.29, 0.717) is 0 Å². The molecule has 52 heavy (non-hydrogen) atoms. The first-order chi connectivity index (χ1) is 24.1. The minimum absolute atomic E-state index is 0.0144. The molecule has 0 radical (unpaired) electrons. The summed E-state index contributed by atoms with van der Waals surface area (Å²) >= 11 is 0. The van der Waals surface area contributed by atoms with Gasteiger partial charge in [-0.15, -0.1) is 10.2 Å². The molecule has 0 aliphatic carbocycles. The van der Waals surface area contributed by atoms with Gasteiger partial charge in [-0.1, -0.05) is 12.1 Å². The van der Waals surface area contributed by atoms with Crippen LogP contribution in [0.1, 0.15) is 6.92 Å². The Morgan fingerprint density at radius 1 is 0.788 bits per heavy atom. The number of carbonyl (C=O) groups is 2. The normalized spacial score (nSPS) is 13.5. The van der Waals surface area contributed by atoms with Gasteiger partial charge in [0.2, 0.25) is 6.04 Å². The van der Waals surface area contributed by atoms with Gasteiger partial charge in [0.05, 0.1) is 22.9 Å². The largest absolute Gasteiger partial charge is 0.505 e. The van der Waals surface area contributed by atoms with Crippen molar-refractivity contribution >= 4 is 85.7 Å². The maximum atomic E-state index is 13.0. The number of anilines is 1. The fourth-order valence-electron chi connectivity index (χ4n) is 4.32. The number of ketones is 1. The molecule has 4 rings (SSSR count). The number of aromatic hydroxyl groups is 1. The molecule has 0 saturated carbocycles. The molecule has 1 unspecified atom stereocenters. The van der Waals surface area contributed by atoms with E-state index in [1.54, 1.807) is 0 Å². The summed E-state index contributed by atoms with van der Waals surface area (Å²) in [6, 6.07) is 12.1. The Morgan fingerprint density at radius 3 is 2.02 bits per heavy atom. The lowest BCUT2D eigenvalue weighted by molar-refractivity contribution is -0.126. The van der Waals surface area contributed by atoms with Gasteiger partial charge in [-0.3, -0.25) is 23.2 Å². The van der Waals surface area contributed by atoms with Gasteiger partial charge in [0.15, 0.2) is 21.4 Å². The minimum Gasteiger partial charge on any atom is -0.505 e.